The monoisotopic (exact) mass is 309 g/mol. The minimum atomic E-state index is -0.403. The van der Waals surface area contributed by atoms with E-state index < -0.39 is 5.97 Å². The van der Waals surface area contributed by atoms with Crippen LogP contribution in [0.25, 0.3) is 10.2 Å². The third-order valence-corrected chi connectivity index (χ3v) is 4.15. The Kier molecular flexibility index (Phi) is 4.74. The normalized spacial score (nSPS) is 11.3. The van der Waals surface area contributed by atoms with Crippen molar-refractivity contribution in [2.45, 2.75) is 40.3 Å². The van der Waals surface area contributed by atoms with E-state index in [4.69, 9.17) is 4.74 Å². The first kappa shape index (κ1) is 15.7. The van der Waals surface area contributed by atoms with Crippen molar-refractivity contribution in [3.63, 3.8) is 0 Å². The van der Waals surface area contributed by atoms with E-state index in [1.165, 1.54) is 11.3 Å². The molecule has 2 N–H and O–H groups in total. The zero-order chi connectivity index (χ0) is 15.6. The maximum atomic E-state index is 12.2. The minimum Gasteiger partial charge on any atom is -0.462 e. The van der Waals surface area contributed by atoms with Gasteiger partial charge in [-0.1, -0.05) is 13.8 Å². The molecule has 0 aliphatic rings. The molecule has 0 aromatic carbocycles. The molecule has 0 bridgehead atoms. The van der Waals surface area contributed by atoms with Crippen molar-refractivity contribution in [3.05, 3.63) is 26.6 Å². The lowest BCUT2D eigenvalue weighted by Crippen LogP contribution is -2.25. The lowest BCUT2D eigenvalue weighted by molar-refractivity contribution is 0.0531. The standard InChI is InChI=1S/C14H19N3O3S/c1-5-20-14(19)11-8(4)10-12(18)16-9(6-15-7(2)3)17-13(10)21-11/h7,15H,5-6H2,1-4H3,(H,16,17,18). The number of esters is 1. The van der Waals surface area contributed by atoms with E-state index in [0.29, 0.717) is 45.7 Å². The Morgan fingerprint density at radius 2 is 2.19 bits per heavy atom. The summed E-state index contributed by atoms with van der Waals surface area (Å²) in [6.07, 6.45) is 0. The first-order chi connectivity index (χ1) is 9.93. The number of aromatic nitrogens is 2. The third-order valence-electron chi connectivity index (χ3n) is 2.99. The van der Waals surface area contributed by atoms with Crippen LogP contribution >= 0.6 is 11.3 Å². The topological polar surface area (TPSA) is 84.1 Å². The summed E-state index contributed by atoms with van der Waals surface area (Å²) < 4.78 is 5.01. The second kappa shape index (κ2) is 6.36. The smallest absolute Gasteiger partial charge is 0.348 e. The van der Waals surface area contributed by atoms with Crippen molar-refractivity contribution in [2.24, 2.45) is 0 Å². The van der Waals surface area contributed by atoms with E-state index in [-0.39, 0.29) is 5.56 Å². The third kappa shape index (κ3) is 3.30. The van der Waals surface area contributed by atoms with Gasteiger partial charge in [0.2, 0.25) is 0 Å². The van der Waals surface area contributed by atoms with Gasteiger partial charge in [-0.15, -0.1) is 11.3 Å². The molecule has 2 heterocycles. The molecular weight excluding hydrogens is 290 g/mol. The highest BCUT2D eigenvalue weighted by molar-refractivity contribution is 7.20. The number of hydrogen-bond acceptors (Lipinski definition) is 6. The molecule has 2 aromatic heterocycles. The Morgan fingerprint density at radius 1 is 1.48 bits per heavy atom. The van der Waals surface area contributed by atoms with Gasteiger partial charge in [-0.05, 0) is 19.4 Å². The van der Waals surface area contributed by atoms with Crippen molar-refractivity contribution in [2.75, 3.05) is 6.61 Å². The minimum absolute atomic E-state index is 0.218. The van der Waals surface area contributed by atoms with E-state index in [2.05, 4.69) is 15.3 Å². The SMILES string of the molecule is CCOC(=O)c1sc2nc(CNC(C)C)[nH]c(=O)c2c1C. The molecule has 114 valence electrons. The van der Waals surface area contributed by atoms with Crippen LogP contribution in [0.2, 0.25) is 0 Å². The summed E-state index contributed by atoms with van der Waals surface area (Å²) >= 11 is 1.20. The number of H-pyrrole nitrogens is 1. The molecule has 0 spiro atoms. The number of nitrogens with zero attached hydrogens (tertiary/aromatic N) is 1. The van der Waals surface area contributed by atoms with Crippen LogP contribution in [0, 0.1) is 6.92 Å². The Hall–Kier alpha value is -1.73. The summed E-state index contributed by atoms with van der Waals surface area (Å²) in [5.74, 6) is 0.164. The number of nitrogens with one attached hydrogen (secondary N) is 2. The van der Waals surface area contributed by atoms with Gasteiger partial charge in [-0.3, -0.25) is 4.79 Å². The molecule has 6 nitrogen and oxygen atoms in total. The van der Waals surface area contributed by atoms with Crippen LogP contribution < -0.4 is 10.9 Å². The molecular formula is C14H19N3O3S. The van der Waals surface area contributed by atoms with Crippen LogP contribution in [0.4, 0.5) is 0 Å². The van der Waals surface area contributed by atoms with Gasteiger partial charge in [0.05, 0.1) is 18.5 Å². The molecule has 2 aromatic rings. The summed E-state index contributed by atoms with van der Waals surface area (Å²) in [7, 11) is 0. The lowest BCUT2D eigenvalue weighted by Gasteiger charge is -2.06. The van der Waals surface area contributed by atoms with Gasteiger partial charge in [0.25, 0.3) is 5.56 Å². The van der Waals surface area contributed by atoms with Gasteiger partial charge in [0, 0.05) is 6.04 Å². The summed E-state index contributed by atoms with van der Waals surface area (Å²) in [6, 6.07) is 0.297. The van der Waals surface area contributed by atoms with Crippen molar-refractivity contribution in [1.82, 2.24) is 15.3 Å². The molecule has 0 aliphatic carbocycles. The number of carbonyl (C=O) groups excluding carboxylic acids is 1. The van der Waals surface area contributed by atoms with E-state index in [0.717, 1.165) is 0 Å². The van der Waals surface area contributed by atoms with Gasteiger partial charge < -0.3 is 15.0 Å². The van der Waals surface area contributed by atoms with Crippen molar-refractivity contribution < 1.29 is 9.53 Å². The van der Waals surface area contributed by atoms with Crippen LogP contribution in [0.5, 0.6) is 0 Å². The van der Waals surface area contributed by atoms with Crippen molar-refractivity contribution in [3.8, 4) is 0 Å². The number of aromatic amines is 1. The van der Waals surface area contributed by atoms with E-state index >= 15 is 0 Å². The first-order valence-electron chi connectivity index (χ1n) is 6.86. The Morgan fingerprint density at radius 3 is 2.81 bits per heavy atom. The summed E-state index contributed by atoms with van der Waals surface area (Å²) in [4.78, 5) is 32.3. The average molecular weight is 309 g/mol. The Labute approximate surface area is 126 Å². The van der Waals surface area contributed by atoms with E-state index in [1.54, 1.807) is 13.8 Å². The van der Waals surface area contributed by atoms with Crippen molar-refractivity contribution in [1.29, 1.82) is 0 Å². The van der Waals surface area contributed by atoms with Crippen LogP contribution in [0.1, 0.15) is 41.8 Å². The quantitative estimate of drug-likeness (QED) is 0.825. The molecule has 0 fully saturated rings. The molecule has 21 heavy (non-hydrogen) atoms. The van der Waals surface area contributed by atoms with Gasteiger partial charge in [-0.25, -0.2) is 9.78 Å². The van der Waals surface area contributed by atoms with E-state index in [9.17, 15) is 9.59 Å². The molecule has 0 unspecified atom stereocenters. The Bertz CT molecular complexity index is 718. The molecule has 0 radical (unpaired) electrons. The van der Waals surface area contributed by atoms with Crippen LogP contribution in [0.15, 0.2) is 4.79 Å². The lowest BCUT2D eigenvalue weighted by atomic mass is 10.2. The number of fused-ring (bicyclic) bond motifs is 1. The molecule has 0 saturated heterocycles. The van der Waals surface area contributed by atoms with Crippen molar-refractivity contribution >= 4 is 27.5 Å². The zero-order valence-corrected chi connectivity index (χ0v) is 13.4. The fourth-order valence-corrected chi connectivity index (χ4v) is 3.06. The molecule has 0 atom stereocenters. The number of thiophene rings is 1. The summed E-state index contributed by atoms with van der Waals surface area (Å²) in [5.41, 5.74) is 0.412. The maximum Gasteiger partial charge on any atom is 0.348 e. The van der Waals surface area contributed by atoms with Gasteiger partial charge in [0.15, 0.2) is 0 Å². The van der Waals surface area contributed by atoms with E-state index in [1.807, 2.05) is 13.8 Å². The molecule has 0 aliphatic heterocycles. The molecule has 2 rings (SSSR count). The fourth-order valence-electron chi connectivity index (χ4n) is 1.96. The van der Waals surface area contributed by atoms with Crippen LogP contribution in [-0.2, 0) is 11.3 Å². The Balaban J connectivity index is 2.45. The number of ether oxygens (including phenoxy) is 1. The molecule has 0 saturated carbocycles. The summed E-state index contributed by atoms with van der Waals surface area (Å²) in [6.45, 7) is 8.32. The maximum absolute atomic E-state index is 12.2. The van der Waals surface area contributed by atoms with Crippen LogP contribution in [0.3, 0.4) is 0 Å². The molecule has 0 amide bonds. The number of aryl methyl sites for hydroxylation is 1. The van der Waals surface area contributed by atoms with Gasteiger partial charge >= 0.3 is 5.97 Å². The predicted octanol–water partition coefficient (Wildman–Crippen LogP) is 1.97. The first-order valence-corrected chi connectivity index (χ1v) is 7.68. The molecule has 7 heteroatoms. The number of hydrogen-bond donors (Lipinski definition) is 2. The fraction of sp³-hybridized carbons (Fsp3) is 0.500. The largest absolute Gasteiger partial charge is 0.462 e. The second-order valence-corrected chi connectivity index (χ2v) is 6.00. The number of carbonyl (C=O) groups is 1. The highest BCUT2D eigenvalue weighted by Crippen LogP contribution is 2.27. The average Bonchev–Trinajstić information content (AvgIpc) is 2.74. The highest BCUT2D eigenvalue weighted by atomic mass is 32.1. The predicted molar refractivity (Wildman–Crippen MR) is 82.9 cm³/mol. The van der Waals surface area contributed by atoms with Gasteiger partial charge in [-0.2, -0.15) is 0 Å². The second-order valence-electron chi connectivity index (χ2n) is 5.01. The van der Waals surface area contributed by atoms with Gasteiger partial charge in [0.1, 0.15) is 15.5 Å². The zero-order valence-electron chi connectivity index (χ0n) is 12.6. The highest BCUT2D eigenvalue weighted by Gasteiger charge is 2.20. The van der Waals surface area contributed by atoms with Crippen LogP contribution in [-0.4, -0.2) is 28.6 Å². The number of rotatable bonds is 5. The summed E-state index contributed by atoms with van der Waals surface area (Å²) in [5, 5.41) is 3.67.